The fourth-order valence-electron chi connectivity index (χ4n) is 2.10. The number of nitrogens with zero attached hydrogens (tertiary/aromatic N) is 3. The number of amides is 1. The third kappa shape index (κ3) is 3.57. The van der Waals surface area contributed by atoms with Crippen molar-refractivity contribution in [3.63, 3.8) is 0 Å². The number of benzene rings is 1. The van der Waals surface area contributed by atoms with Crippen molar-refractivity contribution in [3.8, 4) is 0 Å². The predicted octanol–water partition coefficient (Wildman–Crippen LogP) is 3.87. The summed E-state index contributed by atoms with van der Waals surface area (Å²) in [5.41, 5.74) is 0.987. The van der Waals surface area contributed by atoms with E-state index in [1.165, 1.54) is 11.8 Å². The fourth-order valence-corrected chi connectivity index (χ4v) is 3.10. The van der Waals surface area contributed by atoms with Gasteiger partial charge in [0.15, 0.2) is 11.0 Å². The molecular formula is C18H15N3OS. The molecule has 2 aromatic rings. The first kappa shape index (κ1) is 15.2. The lowest BCUT2D eigenvalue weighted by molar-refractivity contribution is -0.121. The van der Waals surface area contributed by atoms with Gasteiger partial charge in [-0.3, -0.25) is 9.69 Å². The highest BCUT2D eigenvalue weighted by Gasteiger charge is 2.32. The van der Waals surface area contributed by atoms with Gasteiger partial charge in [0.05, 0.1) is 4.91 Å². The van der Waals surface area contributed by atoms with Crippen LogP contribution in [0.2, 0.25) is 0 Å². The summed E-state index contributed by atoms with van der Waals surface area (Å²) in [4.78, 5) is 23.5. The lowest BCUT2D eigenvalue weighted by Crippen LogP contribution is -2.29. The fraction of sp³-hybridized carbons (Fsp3) is 0.0556. The van der Waals surface area contributed by atoms with Gasteiger partial charge in [-0.05, 0) is 35.5 Å². The molecule has 1 fully saturated rings. The number of rotatable bonds is 4. The number of carbonyl (C=O) groups is 1. The molecule has 23 heavy (non-hydrogen) atoms. The molecule has 1 aliphatic heterocycles. The van der Waals surface area contributed by atoms with Gasteiger partial charge in [-0.2, -0.15) is 0 Å². The van der Waals surface area contributed by atoms with Crippen LogP contribution in [0.25, 0.3) is 6.08 Å². The molecule has 5 heteroatoms. The molecule has 0 atom stereocenters. The molecule has 1 amide bonds. The minimum absolute atomic E-state index is 0.0616. The number of carbonyl (C=O) groups excluding carboxylic acids is 1. The second-order valence-electron chi connectivity index (χ2n) is 4.81. The zero-order valence-corrected chi connectivity index (χ0v) is 13.2. The molecule has 1 aromatic heterocycles. The van der Waals surface area contributed by atoms with E-state index in [0.717, 1.165) is 5.56 Å². The molecule has 0 unspecified atom stereocenters. The second kappa shape index (κ2) is 7.07. The van der Waals surface area contributed by atoms with E-state index in [0.29, 0.717) is 22.4 Å². The summed E-state index contributed by atoms with van der Waals surface area (Å²) in [6.07, 6.45) is 5.25. The van der Waals surface area contributed by atoms with Crippen molar-refractivity contribution in [2.75, 3.05) is 6.54 Å². The standard InChI is InChI=1S/C18H15N3OS/c1-2-12-21-17(22)15(13-14-8-4-3-5-9-14)23-18(21)20-16-10-6-7-11-19-16/h2-11,13H,1,12H2/b15-13-,20-18+. The first-order chi connectivity index (χ1) is 11.3. The molecular weight excluding hydrogens is 306 g/mol. The molecule has 0 N–H and O–H groups in total. The average molecular weight is 321 g/mol. The maximum absolute atomic E-state index is 12.6. The van der Waals surface area contributed by atoms with Crippen molar-refractivity contribution in [2.24, 2.45) is 4.99 Å². The summed E-state index contributed by atoms with van der Waals surface area (Å²) in [5, 5.41) is 0.621. The highest BCUT2D eigenvalue weighted by molar-refractivity contribution is 8.18. The van der Waals surface area contributed by atoms with Gasteiger partial charge in [-0.15, -0.1) is 6.58 Å². The Morgan fingerprint density at radius 2 is 1.96 bits per heavy atom. The topological polar surface area (TPSA) is 45.6 Å². The molecule has 3 rings (SSSR count). The maximum Gasteiger partial charge on any atom is 0.267 e. The number of hydrogen-bond donors (Lipinski definition) is 0. The van der Waals surface area contributed by atoms with Gasteiger partial charge < -0.3 is 0 Å². The van der Waals surface area contributed by atoms with E-state index in [4.69, 9.17) is 0 Å². The minimum atomic E-state index is -0.0616. The molecule has 4 nitrogen and oxygen atoms in total. The zero-order valence-electron chi connectivity index (χ0n) is 12.4. The van der Waals surface area contributed by atoms with Gasteiger partial charge in [0.2, 0.25) is 0 Å². The molecule has 0 spiro atoms. The first-order valence-corrected chi connectivity index (χ1v) is 7.96. The van der Waals surface area contributed by atoms with Crippen LogP contribution in [0.15, 0.2) is 77.3 Å². The van der Waals surface area contributed by atoms with Crippen LogP contribution in [0, 0.1) is 0 Å². The van der Waals surface area contributed by atoms with E-state index < -0.39 is 0 Å². The molecule has 1 saturated heterocycles. The summed E-state index contributed by atoms with van der Waals surface area (Å²) in [7, 11) is 0. The number of aliphatic imine (C=N–C) groups is 1. The van der Waals surface area contributed by atoms with Crippen LogP contribution in [0.1, 0.15) is 5.56 Å². The minimum Gasteiger partial charge on any atom is -0.282 e. The first-order valence-electron chi connectivity index (χ1n) is 7.15. The van der Waals surface area contributed by atoms with Crippen LogP contribution in [0.3, 0.4) is 0 Å². The largest absolute Gasteiger partial charge is 0.282 e. The van der Waals surface area contributed by atoms with Gasteiger partial charge in [0, 0.05) is 12.7 Å². The van der Waals surface area contributed by atoms with Crippen molar-refractivity contribution in [2.45, 2.75) is 0 Å². The van der Waals surface area contributed by atoms with Gasteiger partial charge in [-0.1, -0.05) is 42.5 Å². The van der Waals surface area contributed by atoms with Crippen LogP contribution in [-0.4, -0.2) is 27.5 Å². The predicted molar refractivity (Wildman–Crippen MR) is 95.3 cm³/mol. The van der Waals surface area contributed by atoms with Crippen molar-refractivity contribution in [1.29, 1.82) is 0 Å². The van der Waals surface area contributed by atoms with E-state index in [2.05, 4.69) is 16.6 Å². The third-order valence-electron chi connectivity index (χ3n) is 3.16. The Morgan fingerprint density at radius 1 is 1.17 bits per heavy atom. The van der Waals surface area contributed by atoms with Crippen LogP contribution in [0.5, 0.6) is 0 Å². The van der Waals surface area contributed by atoms with E-state index in [1.807, 2.05) is 54.6 Å². The van der Waals surface area contributed by atoms with E-state index in [-0.39, 0.29) is 5.91 Å². The SMILES string of the molecule is C=CCN1C(=O)/C(=C/c2ccccc2)S/C1=N/c1ccccn1. The lowest BCUT2D eigenvalue weighted by Gasteiger charge is -2.12. The summed E-state index contributed by atoms with van der Waals surface area (Å²) in [6, 6.07) is 15.3. The van der Waals surface area contributed by atoms with E-state index >= 15 is 0 Å². The highest BCUT2D eigenvalue weighted by atomic mass is 32.2. The number of pyridine rings is 1. The Hall–Kier alpha value is -2.66. The molecule has 1 aromatic carbocycles. The monoisotopic (exact) mass is 321 g/mol. The Kier molecular flexibility index (Phi) is 4.68. The molecule has 0 bridgehead atoms. The van der Waals surface area contributed by atoms with Gasteiger partial charge in [0.25, 0.3) is 5.91 Å². The van der Waals surface area contributed by atoms with Gasteiger partial charge in [-0.25, -0.2) is 9.98 Å². The second-order valence-corrected chi connectivity index (χ2v) is 5.82. The van der Waals surface area contributed by atoms with Crippen molar-refractivity contribution in [1.82, 2.24) is 9.88 Å². The maximum atomic E-state index is 12.6. The summed E-state index contributed by atoms with van der Waals surface area (Å²) >= 11 is 1.36. The van der Waals surface area contributed by atoms with Crippen molar-refractivity contribution >= 4 is 34.7 Å². The summed E-state index contributed by atoms with van der Waals surface area (Å²) in [6.45, 7) is 4.14. The summed E-state index contributed by atoms with van der Waals surface area (Å²) in [5.74, 6) is 0.520. The number of aromatic nitrogens is 1. The Morgan fingerprint density at radius 3 is 2.65 bits per heavy atom. The van der Waals surface area contributed by atoms with Crippen molar-refractivity contribution < 1.29 is 4.79 Å². The molecule has 2 heterocycles. The molecule has 0 aliphatic carbocycles. The third-order valence-corrected chi connectivity index (χ3v) is 4.16. The number of thioether (sulfide) groups is 1. The highest BCUT2D eigenvalue weighted by Crippen LogP contribution is 2.33. The number of amidine groups is 1. The van der Waals surface area contributed by atoms with Crippen molar-refractivity contribution in [3.05, 3.63) is 77.9 Å². The van der Waals surface area contributed by atoms with Crippen LogP contribution in [0.4, 0.5) is 5.82 Å². The van der Waals surface area contributed by atoms with E-state index in [1.54, 1.807) is 17.2 Å². The summed E-state index contributed by atoms with van der Waals surface area (Å²) < 4.78 is 0. The van der Waals surface area contributed by atoms with Crippen LogP contribution >= 0.6 is 11.8 Å². The Bertz CT molecular complexity index is 769. The molecule has 1 aliphatic rings. The lowest BCUT2D eigenvalue weighted by atomic mass is 10.2. The van der Waals surface area contributed by atoms with E-state index in [9.17, 15) is 4.79 Å². The molecule has 0 saturated carbocycles. The average Bonchev–Trinajstić information content (AvgIpc) is 2.86. The smallest absolute Gasteiger partial charge is 0.267 e. The zero-order chi connectivity index (χ0) is 16.1. The quantitative estimate of drug-likeness (QED) is 0.634. The molecule has 0 radical (unpaired) electrons. The van der Waals surface area contributed by atoms with Gasteiger partial charge in [0.1, 0.15) is 0 Å². The normalized spacial score (nSPS) is 17.9. The van der Waals surface area contributed by atoms with Crippen LogP contribution in [-0.2, 0) is 4.79 Å². The van der Waals surface area contributed by atoms with Gasteiger partial charge >= 0.3 is 0 Å². The Labute approximate surface area is 139 Å². The molecule has 114 valence electrons. The Balaban J connectivity index is 1.94. The number of hydrogen-bond acceptors (Lipinski definition) is 4. The van der Waals surface area contributed by atoms with Crippen LogP contribution < -0.4 is 0 Å².